The van der Waals surface area contributed by atoms with E-state index in [-0.39, 0.29) is 29.3 Å². The Kier molecular flexibility index (Phi) is 5.85. The van der Waals surface area contributed by atoms with E-state index in [4.69, 9.17) is 0 Å². The highest BCUT2D eigenvalue weighted by Crippen LogP contribution is 2.33. The third-order valence-electron chi connectivity index (χ3n) is 4.89. The van der Waals surface area contributed by atoms with Crippen molar-refractivity contribution in [3.05, 3.63) is 40.9 Å². The van der Waals surface area contributed by atoms with Crippen molar-refractivity contribution in [2.24, 2.45) is 0 Å². The third-order valence-corrected chi connectivity index (χ3v) is 5.82. The summed E-state index contributed by atoms with van der Waals surface area (Å²) in [5.41, 5.74) is 1.38. The van der Waals surface area contributed by atoms with Crippen LogP contribution < -0.4 is 5.32 Å². The average Bonchev–Trinajstić information content (AvgIpc) is 3.44. The lowest BCUT2D eigenvalue weighted by Crippen LogP contribution is -2.47. The number of carbonyl (C=O) groups excluding carboxylic acids is 1. The SMILES string of the molecule is Cc1ccc(-n2nccn2)c(C(=O)N2CCCC[C@H]2CNc2nnc(C(F)(F)F)s2)n1. The molecule has 164 valence electrons. The van der Waals surface area contributed by atoms with Gasteiger partial charge < -0.3 is 10.2 Å². The highest BCUT2D eigenvalue weighted by Gasteiger charge is 2.36. The van der Waals surface area contributed by atoms with Gasteiger partial charge in [0.1, 0.15) is 5.69 Å². The lowest BCUT2D eigenvalue weighted by molar-refractivity contribution is -0.138. The number of hydrogen-bond donors (Lipinski definition) is 1. The van der Waals surface area contributed by atoms with Gasteiger partial charge in [-0.15, -0.1) is 15.0 Å². The van der Waals surface area contributed by atoms with Crippen molar-refractivity contribution in [1.82, 2.24) is 35.1 Å². The molecule has 0 aromatic carbocycles. The molecular formula is C18H19F3N8OS. The van der Waals surface area contributed by atoms with Crippen LogP contribution in [0.1, 0.15) is 40.5 Å². The van der Waals surface area contributed by atoms with E-state index in [2.05, 4.69) is 30.7 Å². The Morgan fingerprint density at radius 1 is 1.23 bits per heavy atom. The zero-order chi connectivity index (χ0) is 22.0. The van der Waals surface area contributed by atoms with Crippen molar-refractivity contribution in [1.29, 1.82) is 0 Å². The predicted octanol–water partition coefficient (Wildman–Crippen LogP) is 2.95. The van der Waals surface area contributed by atoms with Gasteiger partial charge in [-0.05, 0) is 38.3 Å². The number of hydrogen-bond acceptors (Lipinski definition) is 8. The van der Waals surface area contributed by atoms with E-state index in [9.17, 15) is 18.0 Å². The number of piperidine rings is 1. The summed E-state index contributed by atoms with van der Waals surface area (Å²) in [6.45, 7) is 2.58. The molecule has 1 N–H and O–H groups in total. The standard InChI is InChI=1S/C18H19F3N8OS/c1-11-5-6-13(29-23-7-8-24-29)14(25-11)15(30)28-9-3-2-4-12(28)10-22-17-27-26-16(31-17)18(19,20)21/h5-8,12H,2-4,9-10H2,1H3,(H,22,27)/t12-/m0/s1. The molecule has 13 heteroatoms. The van der Waals surface area contributed by atoms with Crippen molar-refractivity contribution in [2.75, 3.05) is 18.4 Å². The summed E-state index contributed by atoms with van der Waals surface area (Å²) in [4.78, 5) is 20.9. The van der Waals surface area contributed by atoms with Crippen LogP contribution in [-0.2, 0) is 6.18 Å². The molecule has 9 nitrogen and oxygen atoms in total. The molecule has 1 saturated heterocycles. The molecule has 1 amide bonds. The van der Waals surface area contributed by atoms with Gasteiger partial charge in [-0.3, -0.25) is 4.79 Å². The molecule has 0 saturated carbocycles. The second-order valence-electron chi connectivity index (χ2n) is 7.08. The second kappa shape index (κ2) is 8.57. The average molecular weight is 452 g/mol. The van der Waals surface area contributed by atoms with Crippen LogP contribution in [0.4, 0.5) is 18.3 Å². The maximum atomic E-state index is 13.4. The number of carbonyl (C=O) groups is 1. The molecule has 0 radical (unpaired) electrons. The molecule has 1 atom stereocenters. The molecule has 31 heavy (non-hydrogen) atoms. The number of likely N-dealkylation sites (tertiary alicyclic amines) is 1. The van der Waals surface area contributed by atoms with Crippen molar-refractivity contribution in [2.45, 2.75) is 38.4 Å². The topological polar surface area (TPSA) is 102 Å². The maximum Gasteiger partial charge on any atom is 0.445 e. The van der Waals surface area contributed by atoms with Gasteiger partial charge in [-0.2, -0.15) is 23.4 Å². The number of rotatable bonds is 5. The zero-order valence-electron chi connectivity index (χ0n) is 16.5. The van der Waals surface area contributed by atoms with Crippen molar-refractivity contribution in [3.8, 4) is 5.69 Å². The van der Waals surface area contributed by atoms with E-state index in [1.54, 1.807) is 24.0 Å². The summed E-state index contributed by atoms with van der Waals surface area (Å²) in [5, 5.41) is 16.9. The fraction of sp³-hybridized carbons (Fsp3) is 0.444. The molecule has 3 aromatic heterocycles. The van der Waals surface area contributed by atoms with Gasteiger partial charge in [-0.1, -0.05) is 11.3 Å². The smallest absolute Gasteiger partial charge is 0.358 e. The van der Waals surface area contributed by atoms with Crippen LogP contribution in [0.3, 0.4) is 0 Å². The molecule has 1 aliphatic rings. The predicted molar refractivity (Wildman–Crippen MR) is 106 cm³/mol. The van der Waals surface area contributed by atoms with Crippen LogP contribution in [0.25, 0.3) is 5.69 Å². The van der Waals surface area contributed by atoms with E-state index in [1.807, 2.05) is 0 Å². The summed E-state index contributed by atoms with van der Waals surface area (Å²) in [7, 11) is 0. The highest BCUT2D eigenvalue weighted by atomic mass is 32.1. The molecule has 0 bridgehead atoms. The summed E-state index contributed by atoms with van der Waals surface area (Å²) in [6.07, 6.45) is 0.955. The highest BCUT2D eigenvalue weighted by molar-refractivity contribution is 7.15. The first kappa shape index (κ1) is 21.2. The number of nitrogens with one attached hydrogen (secondary N) is 1. The number of halogens is 3. The number of nitrogens with zero attached hydrogens (tertiary/aromatic N) is 7. The number of amides is 1. The van der Waals surface area contributed by atoms with E-state index in [0.29, 0.717) is 35.7 Å². The lowest BCUT2D eigenvalue weighted by atomic mass is 10.0. The quantitative estimate of drug-likeness (QED) is 0.635. The molecule has 0 unspecified atom stereocenters. The number of pyridine rings is 1. The van der Waals surface area contributed by atoms with Gasteiger partial charge in [-0.25, -0.2) is 4.98 Å². The van der Waals surface area contributed by atoms with Gasteiger partial charge in [0.25, 0.3) is 5.91 Å². The van der Waals surface area contributed by atoms with Gasteiger partial charge >= 0.3 is 6.18 Å². The first-order valence-electron chi connectivity index (χ1n) is 9.63. The molecule has 1 aliphatic heterocycles. The Morgan fingerprint density at radius 2 is 2.00 bits per heavy atom. The maximum absolute atomic E-state index is 13.4. The Bertz CT molecular complexity index is 1050. The van der Waals surface area contributed by atoms with Crippen LogP contribution in [0.5, 0.6) is 0 Å². The van der Waals surface area contributed by atoms with E-state index < -0.39 is 11.2 Å². The summed E-state index contributed by atoms with van der Waals surface area (Å²) in [5.74, 6) is -0.268. The minimum atomic E-state index is -4.53. The summed E-state index contributed by atoms with van der Waals surface area (Å²) in [6, 6.07) is 3.30. The van der Waals surface area contributed by atoms with Gasteiger partial charge in [0.05, 0.1) is 12.4 Å². The van der Waals surface area contributed by atoms with Crippen LogP contribution in [-0.4, -0.2) is 60.1 Å². The van der Waals surface area contributed by atoms with Crippen molar-refractivity contribution in [3.63, 3.8) is 0 Å². The summed E-state index contributed by atoms with van der Waals surface area (Å²) < 4.78 is 38.2. The minimum absolute atomic E-state index is 0.0698. The number of aromatic nitrogens is 6. The first-order valence-corrected chi connectivity index (χ1v) is 10.4. The molecule has 0 aliphatic carbocycles. The zero-order valence-corrected chi connectivity index (χ0v) is 17.3. The minimum Gasteiger partial charge on any atom is -0.358 e. The number of anilines is 1. The van der Waals surface area contributed by atoms with Gasteiger partial charge in [0.15, 0.2) is 5.69 Å². The Balaban J connectivity index is 1.53. The fourth-order valence-electron chi connectivity index (χ4n) is 3.44. The third kappa shape index (κ3) is 4.65. The molecular weight excluding hydrogens is 433 g/mol. The fourth-order valence-corrected chi connectivity index (χ4v) is 4.06. The van der Waals surface area contributed by atoms with Crippen LogP contribution >= 0.6 is 11.3 Å². The van der Waals surface area contributed by atoms with Crippen molar-refractivity contribution < 1.29 is 18.0 Å². The monoisotopic (exact) mass is 452 g/mol. The van der Waals surface area contributed by atoms with Crippen LogP contribution in [0, 0.1) is 6.92 Å². The van der Waals surface area contributed by atoms with Gasteiger partial charge in [0.2, 0.25) is 10.1 Å². The molecule has 3 aromatic rings. The number of aryl methyl sites for hydroxylation is 1. The molecule has 0 spiro atoms. The van der Waals surface area contributed by atoms with Crippen molar-refractivity contribution >= 4 is 22.4 Å². The largest absolute Gasteiger partial charge is 0.445 e. The normalized spacial score (nSPS) is 17.0. The number of alkyl halides is 3. The Hall–Kier alpha value is -3.09. The molecule has 1 fully saturated rings. The summed E-state index contributed by atoms with van der Waals surface area (Å²) >= 11 is 0.443. The van der Waals surface area contributed by atoms with Gasteiger partial charge in [0, 0.05) is 24.8 Å². The molecule has 4 rings (SSSR count). The Morgan fingerprint density at radius 3 is 2.71 bits per heavy atom. The second-order valence-corrected chi connectivity index (χ2v) is 8.06. The first-order chi connectivity index (χ1) is 14.8. The van der Waals surface area contributed by atoms with Crippen LogP contribution in [0.2, 0.25) is 0 Å². The molecule has 4 heterocycles. The van der Waals surface area contributed by atoms with E-state index >= 15 is 0 Å². The van der Waals surface area contributed by atoms with E-state index in [0.717, 1.165) is 12.8 Å². The van der Waals surface area contributed by atoms with Crippen LogP contribution in [0.15, 0.2) is 24.5 Å². The van der Waals surface area contributed by atoms with E-state index in [1.165, 1.54) is 17.2 Å². The Labute approximate surface area is 179 Å². The lowest BCUT2D eigenvalue weighted by Gasteiger charge is -2.35.